The molecular weight excluding hydrogens is 186 g/mol. The molecule has 1 atom stereocenters. The van der Waals surface area contributed by atoms with Gasteiger partial charge in [-0.2, -0.15) is 0 Å². The molecule has 2 heteroatoms. The minimum absolute atomic E-state index is 0.422. The van der Waals surface area contributed by atoms with Gasteiger partial charge in [0, 0.05) is 12.1 Å². The molecule has 15 heavy (non-hydrogen) atoms. The van der Waals surface area contributed by atoms with Crippen molar-refractivity contribution >= 4 is 0 Å². The summed E-state index contributed by atoms with van der Waals surface area (Å²) >= 11 is 0. The average Bonchev–Trinajstić information content (AvgIpc) is 2.23. The van der Waals surface area contributed by atoms with Gasteiger partial charge in [-0.3, -0.25) is 0 Å². The first-order chi connectivity index (χ1) is 7.29. The minimum Gasteiger partial charge on any atom is -0.497 e. The van der Waals surface area contributed by atoms with Gasteiger partial charge in [-0.05, 0) is 37.5 Å². The summed E-state index contributed by atoms with van der Waals surface area (Å²) in [6, 6.07) is 9.44. The van der Waals surface area contributed by atoms with Crippen molar-refractivity contribution in [1.29, 1.82) is 0 Å². The molecule has 82 valence electrons. The van der Waals surface area contributed by atoms with Gasteiger partial charge in [-0.25, -0.2) is 0 Å². The van der Waals surface area contributed by atoms with Crippen molar-refractivity contribution in [3.05, 3.63) is 29.8 Å². The van der Waals surface area contributed by atoms with Crippen LogP contribution in [0.5, 0.6) is 5.75 Å². The highest BCUT2D eigenvalue weighted by Crippen LogP contribution is 2.24. The van der Waals surface area contributed by atoms with E-state index < -0.39 is 0 Å². The molecule has 1 fully saturated rings. The first-order valence-electron chi connectivity index (χ1n) is 5.69. The van der Waals surface area contributed by atoms with Gasteiger partial charge < -0.3 is 10.1 Å². The van der Waals surface area contributed by atoms with Crippen LogP contribution in [0.15, 0.2) is 24.3 Å². The number of benzene rings is 1. The summed E-state index contributed by atoms with van der Waals surface area (Å²) in [5.41, 5.74) is 1.31. The molecule has 0 saturated heterocycles. The Morgan fingerprint density at radius 3 is 2.80 bits per heavy atom. The Balaban J connectivity index is 1.99. The van der Waals surface area contributed by atoms with Crippen molar-refractivity contribution in [2.24, 2.45) is 0 Å². The molecule has 0 aromatic heterocycles. The van der Waals surface area contributed by atoms with Crippen molar-refractivity contribution in [3.8, 4) is 5.75 Å². The predicted molar refractivity (Wildman–Crippen MR) is 62.2 cm³/mol. The monoisotopic (exact) mass is 205 g/mol. The number of hydrogen-bond acceptors (Lipinski definition) is 2. The van der Waals surface area contributed by atoms with Crippen molar-refractivity contribution in [1.82, 2.24) is 5.32 Å². The van der Waals surface area contributed by atoms with E-state index in [2.05, 4.69) is 24.4 Å². The van der Waals surface area contributed by atoms with Crippen molar-refractivity contribution < 1.29 is 4.74 Å². The lowest BCUT2D eigenvalue weighted by Gasteiger charge is -2.30. The fraction of sp³-hybridized carbons (Fsp3) is 0.538. The molecule has 1 saturated carbocycles. The van der Waals surface area contributed by atoms with E-state index in [9.17, 15) is 0 Å². The van der Waals surface area contributed by atoms with Crippen LogP contribution in [-0.4, -0.2) is 13.2 Å². The summed E-state index contributed by atoms with van der Waals surface area (Å²) in [5.74, 6) is 0.940. The molecule has 1 aromatic carbocycles. The normalized spacial score (nSPS) is 18.3. The Kier molecular flexibility index (Phi) is 3.27. The molecule has 2 rings (SSSR count). The highest BCUT2D eigenvalue weighted by Gasteiger charge is 2.19. The van der Waals surface area contributed by atoms with Gasteiger partial charge in [-0.15, -0.1) is 0 Å². The zero-order chi connectivity index (χ0) is 10.7. The second-order valence-corrected chi connectivity index (χ2v) is 4.29. The molecule has 0 spiro atoms. The Bertz CT molecular complexity index is 320. The average molecular weight is 205 g/mol. The van der Waals surface area contributed by atoms with Crippen LogP contribution in [0.4, 0.5) is 0 Å². The van der Waals surface area contributed by atoms with Crippen molar-refractivity contribution in [2.75, 3.05) is 7.11 Å². The fourth-order valence-electron chi connectivity index (χ4n) is 1.94. The third kappa shape index (κ3) is 2.51. The number of hydrogen-bond donors (Lipinski definition) is 1. The number of methoxy groups -OCH3 is 1. The lowest BCUT2D eigenvalue weighted by Crippen LogP contribution is -2.36. The van der Waals surface area contributed by atoms with Gasteiger partial charge in [0.25, 0.3) is 0 Å². The van der Waals surface area contributed by atoms with Crippen LogP contribution < -0.4 is 10.1 Å². The molecule has 0 bridgehead atoms. The maximum Gasteiger partial charge on any atom is 0.119 e. The summed E-state index contributed by atoms with van der Waals surface area (Å²) in [7, 11) is 1.71. The fourth-order valence-corrected chi connectivity index (χ4v) is 1.94. The molecule has 1 aromatic rings. The van der Waals surface area contributed by atoms with E-state index in [1.165, 1.54) is 24.8 Å². The van der Waals surface area contributed by atoms with E-state index in [-0.39, 0.29) is 0 Å². The standard InChI is InChI=1S/C13H19NO/c1-10(14-12-6-4-7-12)11-5-3-8-13(9-11)15-2/h3,5,8-10,12,14H,4,6-7H2,1-2H3/t10-/m0/s1. The smallest absolute Gasteiger partial charge is 0.119 e. The molecule has 0 aliphatic heterocycles. The Hall–Kier alpha value is -1.02. The first-order valence-corrected chi connectivity index (χ1v) is 5.69. The molecular formula is C13H19NO. The highest BCUT2D eigenvalue weighted by atomic mass is 16.5. The van der Waals surface area contributed by atoms with Crippen LogP contribution in [0, 0.1) is 0 Å². The molecule has 0 radical (unpaired) electrons. The van der Waals surface area contributed by atoms with Gasteiger partial charge in [0.05, 0.1) is 7.11 Å². The molecule has 1 N–H and O–H groups in total. The molecule has 2 nitrogen and oxygen atoms in total. The Morgan fingerprint density at radius 2 is 2.20 bits per heavy atom. The minimum atomic E-state index is 0.422. The number of rotatable bonds is 4. The van der Waals surface area contributed by atoms with Crippen LogP contribution in [0.2, 0.25) is 0 Å². The van der Waals surface area contributed by atoms with E-state index in [0.717, 1.165) is 11.8 Å². The number of nitrogens with one attached hydrogen (secondary N) is 1. The maximum atomic E-state index is 5.22. The lowest BCUT2D eigenvalue weighted by atomic mass is 9.92. The molecule has 0 amide bonds. The third-order valence-corrected chi connectivity index (χ3v) is 3.18. The quantitative estimate of drug-likeness (QED) is 0.816. The zero-order valence-electron chi connectivity index (χ0n) is 9.49. The highest BCUT2D eigenvalue weighted by molar-refractivity contribution is 5.30. The largest absolute Gasteiger partial charge is 0.497 e. The van der Waals surface area contributed by atoms with E-state index >= 15 is 0 Å². The SMILES string of the molecule is COc1cccc([C@H](C)NC2CCC2)c1. The van der Waals surface area contributed by atoms with Gasteiger partial charge >= 0.3 is 0 Å². The summed E-state index contributed by atoms with van der Waals surface area (Å²) in [4.78, 5) is 0. The van der Waals surface area contributed by atoms with Crippen LogP contribution in [0.1, 0.15) is 37.8 Å². The second-order valence-electron chi connectivity index (χ2n) is 4.29. The van der Waals surface area contributed by atoms with Crippen LogP contribution in [-0.2, 0) is 0 Å². The summed E-state index contributed by atoms with van der Waals surface area (Å²) in [5, 5.41) is 3.63. The topological polar surface area (TPSA) is 21.3 Å². The third-order valence-electron chi connectivity index (χ3n) is 3.18. The van der Waals surface area contributed by atoms with Crippen molar-refractivity contribution in [2.45, 2.75) is 38.3 Å². The lowest BCUT2D eigenvalue weighted by molar-refractivity contribution is 0.313. The van der Waals surface area contributed by atoms with E-state index in [1.807, 2.05) is 12.1 Å². The van der Waals surface area contributed by atoms with E-state index in [1.54, 1.807) is 7.11 Å². The van der Waals surface area contributed by atoms with Gasteiger partial charge in [-0.1, -0.05) is 18.6 Å². The van der Waals surface area contributed by atoms with Crippen LogP contribution >= 0.6 is 0 Å². The number of ether oxygens (including phenoxy) is 1. The van der Waals surface area contributed by atoms with Gasteiger partial charge in [0.15, 0.2) is 0 Å². The second kappa shape index (κ2) is 4.67. The van der Waals surface area contributed by atoms with Gasteiger partial charge in [0.2, 0.25) is 0 Å². The first kappa shape index (κ1) is 10.5. The Morgan fingerprint density at radius 1 is 1.40 bits per heavy atom. The van der Waals surface area contributed by atoms with Gasteiger partial charge in [0.1, 0.15) is 5.75 Å². The van der Waals surface area contributed by atoms with Crippen LogP contribution in [0.25, 0.3) is 0 Å². The van der Waals surface area contributed by atoms with E-state index in [0.29, 0.717) is 6.04 Å². The molecule has 0 unspecified atom stereocenters. The summed E-state index contributed by atoms with van der Waals surface area (Å²) in [6.45, 7) is 2.22. The van der Waals surface area contributed by atoms with E-state index in [4.69, 9.17) is 4.74 Å². The van der Waals surface area contributed by atoms with Crippen molar-refractivity contribution in [3.63, 3.8) is 0 Å². The molecule has 1 aliphatic rings. The van der Waals surface area contributed by atoms with Crippen LogP contribution in [0.3, 0.4) is 0 Å². The summed E-state index contributed by atoms with van der Waals surface area (Å²) in [6.07, 6.45) is 4.03. The summed E-state index contributed by atoms with van der Waals surface area (Å²) < 4.78 is 5.22. The maximum absolute atomic E-state index is 5.22. The molecule has 0 heterocycles. The predicted octanol–water partition coefficient (Wildman–Crippen LogP) is 2.90. The molecule has 1 aliphatic carbocycles. The Labute approximate surface area is 91.6 Å². The zero-order valence-corrected chi connectivity index (χ0v) is 9.49.